The summed E-state index contributed by atoms with van der Waals surface area (Å²) in [6.07, 6.45) is 0. The summed E-state index contributed by atoms with van der Waals surface area (Å²) in [5, 5.41) is 39.5. The topological polar surface area (TPSA) is 326 Å². The number of carbonyl (C=O) groups excluding carboxylic acids is 4. The largest absolute Gasteiger partial charge is 0.507 e. The van der Waals surface area contributed by atoms with E-state index < -0.39 is 39.7 Å². The van der Waals surface area contributed by atoms with Crippen molar-refractivity contribution in [2.75, 3.05) is 31.4 Å². The molecule has 0 unspecified atom stereocenters. The number of aromatic amines is 2. The highest BCUT2D eigenvalue weighted by Gasteiger charge is 2.33. The molecule has 2 aromatic heterocycles. The van der Waals surface area contributed by atoms with E-state index in [-0.39, 0.29) is 60.6 Å². The number of Topliss-reactive ketones (excluding diaryl/α,β-unsaturated/α-hetero) is 2. The molecular formula is C87H70ClFN8O15. The molecule has 0 atom stereocenters. The first kappa shape index (κ1) is 76.9. The molecule has 0 spiro atoms. The van der Waals surface area contributed by atoms with Gasteiger partial charge < -0.3 is 54.5 Å². The van der Waals surface area contributed by atoms with Gasteiger partial charge in [-0.05, 0) is 71.3 Å². The minimum absolute atomic E-state index is 0.0778. The number of nitro benzene ring substituents is 2. The van der Waals surface area contributed by atoms with Crippen LogP contribution in [0.25, 0.3) is 54.6 Å². The number of anilines is 2. The molecule has 2 heterocycles. The summed E-state index contributed by atoms with van der Waals surface area (Å²) >= 11 is 5.06. The van der Waals surface area contributed by atoms with E-state index >= 15 is 0 Å². The lowest BCUT2D eigenvalue weighted by atomic mass is 9.90. The minimum Gasteiger partial charge on any atom is -0.507 e. The predicted molar refractivity (Wildman–Crippen MR) is 427 cm³/mol. The first-order valence-corrected chi connectivity index (χ1v) is 34.8. The molecule has 0 bridgehead atoms. The molecule has 0 fully saturated rings. The lowest BCUT2D eigenvalue weighted by molar-refractivity contribution is -0.384. The Morgan fingerprint density at radius 1 is 0.482 bits per heavy atom. The molecule has 6 N–H and O–H groups in total. The maximum absolute atomic E-state index is 12.5. The van der Waals surface area contributed by atoms with Crippen LogP contribution in [0.5, 0.6) is 40.2 Å². The molecule has 112 heavy (non-hydrogen) atoms. The van der Waals surface area contributed by atoms with Crippen molar-refractivity contribution in [2.24, 2.45) is 0 Å². The van der Waals surface area contributed by atoms with Gasteiger partial charge in [0.15, 0.2) is 13.2 Å². The van der Waals surface area contributed by atoms with E-state index in [2.05, 4.69) is 25.3 Å². The van der Waals surface area contributed by atoms with Crippen molar-refractivity contribution in [3.05, 3.63) is 352 Å². The van der Waals surface area contributed by atoms with E-state index in [9.17, 15) is 48.9 Å². The number of hydrogen-bond acceptors (Lipinski definition) is 18. The Hall–Kier alpha value is -14.8. The number of H-pyrrole nitrogens is 2. The molecule has 16 rings (SSSR count). The van der Waals surface area contributed by atoms with Crippen molar-refractivity contribution in [2.45, 2.75) is 26.4 Å². The minimum atomic E-state index is -1.00. The average Bonchev–Trinajstić information content (AvgIpc) is 1.69. The van der Waals surface area contributed by atoms with Crippen LogP contribution < -0.4 is 39.5 Å². The van der Waals surface area contributed by atoms with Crippen LogP contribution in [0.3, 0.4) is 0 Å². The maximum Gasteiger partial charge on any atom is 0.297 e. The third-order valence-electron chi connectivity index (χ3n) is 16.7. The number of hydrogen-bond donors (Lipinski definition) is 5. The number of phenolic OH excluding ortho intramolecular Hbond substituents is 1. The second kappa shape index (κ2) is 38.7. The van der Waals surface area contributed by atoms with Crippen molar-refractivity contribution >= 4 is 100 Å². The number of alkyl halides is 1. The van der Waals surface area contributed by atoms with E-state index in [0.29, 0.717) is 80.8 Å². The summed E-state index contributed by atoms with van der Waals surface area (Å²) < 4.78 is 49.0. The van der Waals surface area contributed by atoms with Gasteiger partial charge in [0.2, 0.25) is 5.78 Å². The van der Waals surface area contributed by atoms with Crippen LogP contribution in [0.15, 0.2) is 297 Å². The van der Waals surface area contributed by atoms with Crippen molar-refractivity contribution in [3.63, 3.8) is 0 Å². The molecule has 15 aromatic rings. The molecule has 1 aliphatic carbocycles. The first-order valence-electron chi connectivity index (χ1n) is 35.1. The SMILES string of the molecule is Nc1c([N+](=O)[O-])cc(OCc2ccccc2)c2ccccc12.O=C(COc1ccccc1)Nc1c([N+](=O)[O-])cc(OCc2ccccc2)c2ccccc12.O=C(Cl)COc1ccccc1.O=C1C(=O)c2[nH]c(COc3ccccc3)nc2-c2ccccc21.Oc1cc2[nH]c(COc3ccccc3)nc2c2ccccc12.[2H]CF. The number of phenols is 1. The Bertz CT molecular complexity index is 5780. The summed E-state index contributed by atoms with van der Waals surface area (Å²) in [5.74, 6) is 3.46. The fourth-order valence-corrected chi connectivity index (χ4v) is 11.6. The normalized spacial score (nSPS) is 10.9. The van der Waals surface area contributed by atoms with E-state index in [1.807, 2.05) is 194 Å². The van der Waals surface area contributed by atoms with Gasteiger partial charge in [0, 0.05) is 49.5 Å². The standard InChI is InChI=1S/C25H20N2O5.C18H12N2O3.C18H14N2O2.C17H14N2O3.C8H7ClO2.CH3F/c28-24(17-31-19-11-5-2-6-12-19)26-25-21-14-8-7-13-20(21)23(15-22(25)27(29)30)32-16-18-9-3-1-4-10-18;21-17-13-9-5-4-8-12(13)15-16(18(17)22)20-14(19-15)10-23-11-6-2-1-3-7-11;21-16-10-15-18(14-9-5-4-8-13(14)16)20-17(19-15)11-22-12-6-2-1-3-7-12;18-17-14-9-5-4-8-13(14)16(10-15(17)19(20)21)22-11-12-6-2-1-3-7-12;9-8(10)6-11-7-4-2-1-3-5-7;1-2/h1-15H,16-17H2,(H,26,28);1-9H,10H2,(H,19,20);1-10,21H,11H2,(H,19,20);1-10H,11,18H2;1-5H,6H2;1H3/i;;;;;1D. The van der Waals surface area contributed by atoms with E-state index in [1.54, 1.807) is 91.0 Å². The number of ketones is 2. The summed E-state index contributed by atoms with van der Waals surface area (Å²) in [6, 6.07) is 89.5. The monoisotopic (exact) mass is 1520 g/mol. The third kappa shape index (κ3) is 20.5. The van der Waals surface area contributed by atoms with Gasteiger partial charge in [0.05, 0.1) is 41.5 Å². The van der Waals surface area contributed by atoms with Crippen LogP contribution in [0.1, 0.15) is 45.0 Å². The number of nitrogens with two attached hydrogens (primary N) is 1. The molecule has 0 aliphatic heterocycles. The van der Waals surface area contributed by atoms with Crippen LogP contribution in [-0.4, -0.2) is 78.0 Å². The molecule has 562 valence electrons. The predicted octanol–water partition coefficient (Wildman–Crippen LogP) is 18.7. The van der Waals surface area contributed by atoms with Crippen LogP contribution >= 0.6 is 11.6 Å². The van der Waals surface area contributed by atoms with Gasteiger partial charge in [-0.1, -0.05) is 231 Å². The van der Waals surface area contributed by atoms with Crippen LogP contribution in [-0.2, 0) is 36.0 Å². The molecule has 13 aromatic carbocycles. The molecule has 1 aliphatic rings. The summed E-state index contributed by atoms with van der Waals surface area (Å²) in [7, 11) is -1.00. The number of fused-ring (bicyclic) bond motifs is 8. The number of benzene rings is 13. The quantitative estimate of drug-likeness (QED) is 0.0147. The number of halogens is 2. The van der Waals surface area contributed by atoms with Crippen molar-refractivity contribution < 1.29 is 68.3 Å². The summed E-state index contributed by atoms with van der Waals surface area (Å²) in [4.78, 5) is 84.2. The van der Waals surface area contributed by atoms with Gasteiger partial charge in [-0.3, -0.25) is 43.8 Å². The zero-order valence-corrected chi connectivity index (χ0v) is 60.3. The van der Waals surface area contributed by atoms with Crippen molar-refractivity contribution in [1.82, 2.24) is 19.9 Å². The molecule has 0 saturated carbocycles. The number of nitro groups is 2. The number of nitrogen functional groups attached to an aromatic ring is 1. The molecule has 25 heteroatoms. The van der Waals surface area contributed by atoms with E-state index in [0.717, 1.165) is 49.9 Å². The van der Waals surface area contributed by atoms with Gasteiger partial charge in [-0.2, -0.15) is 0 Å². The Morgan fingerprint density at radius 3 is 1.38 bits per heavy atom. The highest BCUT2D eigenvalue weighted by atomic mass is 35.5. The number of nitrogens with zero attached hydrogens (tertiary/aromatic N) is 4. The van der Waals surface area contributed by atoms with Crippen LogP contribution in [0.4, 0.5) is 27.1 Å². The highest BCUT2D eigenvalue weighted by Crippen LogP contribution is 2.41. The van der Waals surface area contributed by atoms with E-state index in [1.165, 1.54) is 12.1 Å². The lowest BCUT2D eigenvalue weighted by Crippen LogP contribution is -2.21. The van der Waals surface area contributed by atoms with Crippen LogP contribution in [0.2, 0.25) is 0 Å². The van der Waals surface area contributed by atoms with Gasteiger partial charge in [-0.25, -0.2) is 9.97 Å². The number of nitrogens with one attached hydrogen (secondary N) is 3. The number of rotatable bonds is 21. The first-order chi connectivity index (χ1) is 55.0. The average molecular weight is 1520 g/mol. The highest BCUT2D eigenvalue weighted by molar-refractivity contribution is 6.64. The second-order valence-electron chi connectivity index (χ2n) is 24.2. The molecule has 23 nitrogen and oxygen atoms in total. The van der Waals surface area contributed by atoms with Crippen molar-refractivity contribution in [1.29, 1.82) is 0 Å². The lowest BCUT2D eigenvalue weighted by Gasteiger charge is -2.14. The second-order valence-corrected chi connectivity index (χ2v) is 24.6. The van der Waals surface area contributed by atoms with E-state index in [4.69, 9.17) is 47.1 Å². The number of aromatic hydroxyl groups is 1. The zero-order chi connectivity index (χ0) is 79.4. The number of aromatic nitrogens is 4. The fourth-order valence-electron chi connectivity index (χ4n) is 11.6. The smallest absolute Gasteiger partial charge is 0.297 e. The Labute approximate surface area is 646 Å². The van der Waals surface area contributed by atoms with Gasteiger partial charge in [0.1, 0.15) is 101 Å². The summed E-state index contributed by atoms with van der Waals surface area (Å²) in [6.45, 7) is 0.798. The zero-order valence-electron chi connectivity index (χ0n) is 60.5. The maximum atomic E-state index is 12.5. The van der Waals surface area contributed by atoms with Crippen molar-refractivity contribution in [3.8, 4) is 51.5 Å². The molecule has 1 amide bonds. The Balaban J connectivity index is 0.000000142. The number of amides is 1. The Kier molecular flexibility index (Phi) is 26.5. The Morgan fingerprint density at radius 2 is 0.884 bits per heavy atom. The van der Waals surface area contributed by atoms with Gasteiger partial charge >= 0.3 is 0 Å². The number of imidazole rings is 2. The fraction of sp³-hybridized carbons (Fsp3) is 0.0805. The number of carbonyl (C=O) groups is 4. The number of ether oxygens (including phenoxy) is 6. The molecular weight excluding hydrogens is 1450 g/mol. The van der Waals surface area contributed by atoms with Gasteiger partial charge in [-0.15, -0.1) is 0 Å². The van der Waals surface area contributed by atoms with Gasteiger partial charge in [0.25, 0.3) is 28.3 Å². The number of para-hydroxylation sites is 4. The summed E-state index contributed by atoms with van der Waals surface area (Å²) in [5.41, 5.74) is 11.2. The van der Waals surface area contributed by atoms with Crippen LogP contribution in [0, 0.1) is 20.2 Å². The molecule has 0 saturated heterocycles. The third-order valence-corrected chi connectivity index (χ3v) is 16.8. The molecule has 0 radical (unpaired) electrons.